The second-order valence-electron chi connectivity index (χ2n) is 4.26. The Morgan fingerprint density at radius 1 is 1.35 bits per heavy atom. The highest BCUT2D eigenvalue weighted by Gasteiger charge is 2.18. The van der Waals surface area contributed by atoms with Crippen LogP contribution in [0, 0.1) is 0 Å². The van der Waals surface area contributed by atoms with Crippen LogP contribution >= 0.6 is 22.9 Å². The molecule has 5 nitrogen and oxygen atoms in total. The number of aryl methyl sites for hydroxylation is 1. The third-order valence-corrected chi connectivity index (χ3v) is 5.88. The number of nitrogens with one attached hydrogen (secondary N) is 1. The van der Waals surface area contributed by atoms with Crippen molar-refractivity contribution in [2.24, 2.45) is 7.05 Å². The number of halogens is 1. The second-order valence-corrected chi connectivity index (χ2v) is 7.69. The Balaban J connectivity index is 2.00. The lowest BCUT2D eigenvalue weighted by Gasteiger charge is -2.02. The zero-order valence-electron chi connectivity index (χ0n) is 10.4. The van der Waals surface area contributed by atoms with Gasteiger partial charge in [-0.25, -0.2) is 8.42 Å². The third kappa shape index (κ3) is 2.52. The fourth-order valence-electron chi connectivity index (χ4n) is 1.80. The van der Waals surface area contributed by atoms with Gasteiger partial charge >= 0.3 is 0 Å². The van der Waals surface area contributed by atoms with Crippen LogP contribution in [-0.4, -0.2) is 18.2 Å². The molecule has 2 aromatic heterocycles. The van der Waals surface area contributed by atoms with Gasteiger partial charge in [0.05, 0.1) is 11.9 Å². The first-order chi connectivity index (χ1) is 9.44. The van der Waals surface area contributed by atoms with E-state index in [4.69, 9.17) is 11.6 Å². The largest absolute Gasteiger partial charge is 0.276 e. The second kappa shape index (κ2) is 4.76. The zero-order valence-corrected chi connectivity index (χ0v) is 12.8. The van der Waals surface area contributed by atoms with Crippen LogP contribution in [0.15, 0.2) is 40.9 Å². The van der Waals surface area contributed by atoms with Gasteiger partial charge in [0.25, 0.3) is 10.0 Å². The van der Waals surface area contributed by atoms with Gasteiger partial charge in [0.2, 0.25) is 0 Å². The minimum atomic E-state index is -3.60. The summed E-state index contributed by atoms with van der Waals surface area (Å²) >= 11 is 7.11. The van der Waals surface area contributed by atoms with Gasteiger partial charge in [0, 0.05) is 23.0 Å². The molecule has 0 bridgehead atoms. The van der Waals surface area contributed by atoms with Gasteiger partial charge in [-0.05, 0) is 29.7 Å². The van der Waals surface area contributed by atoms with Crippen LogP contribution in [0.4, 0.5) is 5.69 Å². The standard InChI is InChI=1S/C12H10ClN3O2S2/c1-16-7-10(6-14-16)15-20(17,18)12-5-8-4-9(13)2-3-11(8)19-12/h2-7,15H,1H3. The number of benzene rings is 1. The van der Waals surface area contributed by atoms with Gasteiger partial charge in [-0.15, -0.1) is 11.3 Å². The first kappa shape index (κ1) is 13.4. The minimum absolute atomic E-state index is 0.249. The maximum absolute atomic E-state index is 12.3. The average molecular weight is 328 g/mol. The zero-order chi connectivity index (χ0) is 14.3. The Kier molecular flexibility index (Phi) is 3.19. The summed E-state index contributed by atoms with van der Waals surface area (Å²) in [6.07, 6.45) is 3.06. The van der Waals surface area contributed by atoms with Crippen LogP contribution in [0.3, 0.4) is 0 Å². The lowest BCUT2D eigenvalue weighted by molar-refractivity contribution is 0.603. The van der Waals surface area contributed by atoms with E-state index in [2.05, 4.69) is 9.82 Å². The van der Waals surface area contributed by atoms with E-state index >= 15 is 0 Å². The molecule has 0 atom stereocenters. The molecule has 2 heterocycles. The molecule has 1 aromatic carbocycles. The Bertz CT molecular complexity index is 883. The molecule has 0 unspecified atom stereocenters. The molecule has 0 saturated carbocycles. The van der Waals surface area contributed by atoms with E-state index in [0.29, 0.717) is 10.7 Å². The molecule has 0 spiro atoms. The van der Waals surface area contributed by atoms with E-state index in [1.807, 2.05) is 6.07 Å². The van der Waals surface area contributed by atoms with Crippen molar-refractivity contribution < 1.29 is 8.42 Å². The summed E-state index contributed by atoms with van der Waals surface area (Å²) in [6.45, 7) is 0. The Labute approximate surface area is 124 Å². The molecule has 8 heteroatoms. The first-order valence-electron chi connectivity index (χ1n) is 5.65. The Morgan fingerprint density at radius 2 is 2.15 bits per heavy atom. The number of sulfonamides is 1. The smallest absolute Gasteiger partial charge is 0.271 e. The molecular formula is C12H10ClN3O2S2. The molecule has 0 amide bonds. The highest BCUT2D eigenvalue weighted by molar-refractivity contribution is 7.94. The molecule has 0 aliphatic carbocycles. The van der Waals surface area contributed by atoms with Crippen molar-refractivity contribution in [2.45, 2.75) is 4.21 Å². The molecule has 0 aliphatic heterocycles. The molecule has 3 aromatic rings. The summed E-state index contributed by atoms with van der Waals surface area (Å²) in [4.78, 5) is 0. The van der Waals surface area contributed by atoms with Crippen molar-refractivity contribution >= 4 is 48.7 Å². The van der Waals surface area contributed by atoms with Crippen molar-refractivity contribution in [3.8, 4) is 0 Å². The fourth-order valence-corrected chi connectivity index (χ4v) is 4.39. The number of hydrogen-bond acceptors (Lipinski definition) is 4. The lowest BCUT2D eigenvalue weighted by Crippen LogP contribution is -2.10. The summed E-state index contributed by atoms with van der Waals surface area (Å²) in [5.41, 5.74) is 0.433. The van der Waals surface area contributed by atoms with Crippen molar-refractivity contribution in [1.29, 1.82) is 0 Å². The van der Waals surface area contributed by atoms with Crippen LogP contribution in [0.1, 0.15) is 0 Å². The van der Waals surface area contributed by atoms with Crippen molar-refractivity contribution in [3.63, 3.8) is 0 Å². The maximum atomic E-state index is 12.3. The van der Waals surface area contributed by atoms with Crippen molar-refractivity contribution in [1.82, 2.24) is 9.78 Å². The maximum Gasteiger partial charge on any atom is 0.271 e. The molecule has 20 heavy (non-hydrogen) atoms. The van der Waals surface area contributed by atoms with Gasteiger partial charge in [0.1, 0.15) is 4.21 Å². The molecule has 3 rings (SSSR count). The number of aromatic nitrogens is 2. The average Bonchev–Trinajstić information content (AvgIpc) is 2.95. The molecule has 1 N–H and O–H groups in total. The van der Waals surface area contributed by atoms with Gasteiger partial charge in [-0.3, -0.25) is 9.40 Å². The number of thiophene rings is 1. The third-order valence-electron chi connectivity index (χ3n) is 2.68. The van der Waals surface area contributed by atoms with Gasteiger partial charge < -0.3 is 0 Å². The topological polar surface area (TPSA) is 64.0 Å². The Hall–Kier alpha value is -1.57. The van der Waals surface area contributed by atoms with Crippen LogP contribution in [0.2, 0.25) is 5.02 Å². The summed E-state index contributed by atoms with van der Waals surface area (Å²) in [5, 5.41) is 5.32. The van der Waals surface area contributed by atoms with Crippen molar-refractivity contribution in [3.05, 3.63) is 41.7 Å². The van der Waals surface area contributed by atoms with E-state index in [-0.39, 0.29) is 4.21 Å². The van der Waals surface area contributed by atoms with Crippen LogP contribution in [-0.2, 0) is 17.1 Å². The molecule has 0 aliphatic rings. The highest BCUT2D eigenvalue weighted by atomic mass is 35.5. The number of fused-ring (bicyclic) bond motifs is 1. The molecule has 104 valence electrons. The van der Waals surface area contributed by atoms with Crippen molar-refractivity contribution in [2.75, 3.05) is 4.72 Å². The van der Waals surface area contributed by atoms with E-state index in [9.17, 15) is 8.42 Å². The fraction of sp³-hybridized carbons (Fsp3) is 0.0833. The molecule has 0 saturated heterocycles. The van der Waals surface area contributed by atoms with Gasteiger partial charge in [-0.1, -0.05) is 11.6 Å². The predicted octanol–water partition coefficient (Wildman–Crippen LogP) is 3.09. The van der Waals surface area contributed by atoms with Crippen LogP contribution in [0.5, 0.6) is 0 Å². The SMILES string of the molecule is Cn1cc(NS(=O)(=O)c2cc3cc(Cl)ccc3s2)cn1. The number of rotatable bonds is 3. The minimum Gasteiger partial charge on any atom is -0.276 e. The Morgan fingerprint density at radius 3 is 2.85 bits per heavy atom. The lowest BCUT2D eigenvalue weighted by atomic mass is 10.3. The van der Waals surface area contributed by atoms with E-state index < -0.39 is 10.0 Å². The highest BCUT2D eigenvalue weighted by Crippen LogP contribution is 2.31. The van der Waals surface area contributed by atoms with E-state index in [1.165, 1.54) is 22.2 Å². The van der Waals surface area contributed by atoms with Gasteiger partial charge in [-0.2, -0.15) is 5.10 Å². The monoisotopic (exact) mass is 327 g/mol. The van der Waals surface area contributed by atoms with Gasteiger partial charge in [0.15, 0.2) is 0 Å². The summed E-state index contributed by atoms with van der Waals surface area (Å²) in [6, 6.07) is 6.91. The summed E-state index contributed by atoms with van der Waals surface area (Å²) in [7, 11) is -1.88. The molecule has 0 fully saturated rings. The molecule has 0 radical (unpaired) electrons. The number of hydrogen-bond donors (Lipinski definition) is 1. The van der Waals surface area contributed by atoms with Crippen LogP contribution < -0.4 is 4.72 Å². The summed E-state index contributed by atoms with van der Waals surface area (Å²) in [5.74, 6) is 0. The van der Waals surface area contributed by atoms with Crippen LogP contribution in [0.25, 0.3) is 10.1 Å². The number of anilines is 1. The number of nitrogens with zero attached hydrogens (tertiary/aromatic N) is 2. The quantitative estimate of drug-likeness (QED) is 0.804. The first-order valence-corrected chi connectivity index (χ1v) is 8.32. The predicted molar refractivity (Wildman–Crippen MR) is 80.9 cm³/mol. The van der Waals surface area contributed by atoms with E-state index in [0.717, 1.165) is 10.1 Å². The summed E-state index contributed by atoms with van der Waals surface area (Å²) < 4.78 is 29.7. The molecular weight excluding hydrogens is 318 g/mol. The van der Waals surface area contributed by atoms with E-state index in [1.54, 1.807) is 31.4 Å². The normalized spacial score (nSPS) is 11.9.